The number of hydrogen-bond acceptors (Lipinski definition) is 6. The van der Waals surface area contributed by atoms with Crippen LogP contribution in [0.5, 0.6) is 5.75 Å². The van der Waals surface area contributed by atoms with Crippen molar-refractivity contribution in [2.75, 3.05) is 30.0 Å². The molecular formula is C16H21BrO4S2. The van der Waals surface area contributed by atoms with Gasteiger partial charge in [0.05, 0.1) is 21.7 Å². The van der Waals surface area contributed by atoms with E-state index in [1.807, 2.05) is 26.0 Å². The molecule has 0 bridgehead atoms. The Labute approximate surface area is 154 Å². The van der Waals surface area contributed by atoms with Crippen molar-refractivity contribution in [2.45, 2.75) is 30.6 Å². The van der Waals surface area contributed by atoms with Crippen molar-refractivity contribution in [2.24, 2.45) is 0 Å². The highest BCUT2D eigenvalue weighted by Gasteiger charge is 2.17. The fraction of sp³-hybridized carbons (Fsp3) is 0.500. The summed E-state index contributed by atoms with van der Waals surface area (Å²) in [5.74, 6) is 1.98. The molecular weight excluding hydrogens is 400 g/mol. The van der Waals surface area contributed by atoms with E-state index < -0.39 is 5.97 Å². The number of rotatable bonds is 10. The number of hydrogen-bond donors (Lipinski definition) is 0. The Morgan fingerprint density at radius 2 is 1.65 bits per heavy atom. The Morgan fingerprint density at radius 3 is 2.09 bits per heavy atom. The number of esters is 1. The molecule has 128 valence electrons. The zero-order chi connectivity index (χ0) is 17.2. The molecule has 0 aliphatic rings. The summed E-state index contributed by atoms with van der Waals surface area (Å²) in [4.78, 5) is 25.3. The predicted molar refractivity (Wildman–Crippen MR) is 99.5 cm³/mol. The Balaban J connectivity index is 3.16. The lowest BCUT2D eigenvalue weighted by Crippen LogP contribution is -2.15. The third-order valence-corrected chi connectivity index (χ3v) is 5.02. The van der Waals surface area contributed by atoms with Crippen molar-refractivity contribution < 1.29 is 19.1 Å². The van der Waals surface area contributed by atoms with E-state index in [0.29, 0.717) is 17.9 Å². The van der Waals surface area contributed by atoms with Crippen molar-refractivity contribution in [1.29, 1.82) is 0 Å². The van der Waals surface area contributed by atoms with Gasteiger partial charge < -0.3 is 9.47 Å². The number of ketones is 1. The number of alkyl halides is 1. The molecule has 7 heteroatoms. The van der Waals surface area contributed by atoms with Crippen LogP contribution in [0, 0.1) is 0 Å². The predicted octanol–water partition coefficient (Wildman–Crippen LogP) is 4.43. The minimum absolute atomic E-state index is 0.0258. The minimum Gasteiger partial charge on any atom is -0.480 e. The lowest BCUT2D eigenvalue weighted by molar-refractivity contribution is -0.145. The number of Topliss-reactive ketones (excluding diaryl/α,β-unsaturated/α-hetero) is 1. The Morgan fingerprint density at radius 1 is 1.09 bits per heavy atom. The van der Waals surface area contributed by atoms with E-state index in [1.165, 1.54) is 0 Å². The molecule has 1 rings (SSSR count). The fourth-order valence-corrected chi connectivity index (χ4v) is 3.85. The van der Waals surface area contributed by atoms with Crippen LogP contribution in [0.15, 0.2) is 21.9 Å². The van der Waals surface area contributed by atoms with Gasteiger partial charge in [0.25, 0.3) is 0 Å². The molecule has 0 aliphatic heterocycles. The molecule has 0 saturated heterocycles. The molecule has 0 radical (unpaired) electrons. The molecule has 0 saturated carbocycles. The molecule has 0 spiro atoms. The highest BCUT2D eigenvalue weighted by Crippen LogP contribution is 2.39. The third-order valence-electron chi connectivity index (χ3n) is 2.70. The molecule has 0 aromatic heterocycles. The highest BCUT2D eigenvalue weighted by atomic mass is 79.9. The molecule has 4 nitrogen and oxygen atoms in total. The Hall–Kier alpha value is -0.660. The number of carbonyl (C=O) groups is 2. The van der Waals surface area contributed by atoms with E-state index in [0.717, 1.165) is 21.3 Å². The highest BCUT2D eigenvalue weighted by molar-refractivity contribution is 9.09. The quantitative estimate of drug-likeness (QED) is 0.241. The van der Waals surface area contributed by atoms with Crippen LogP contribution in [0.3, 0.4) is 0 Å². The summed E-state index contributed by atoms with van der Waals surface area (Å²) in [7, 11) is 0. The van der Waals surface area contributed by atoms with Crippen LogP contribution in [0.2, 0.25) is 0 Å². The van der Waals surface area contributed by atoms with Crippen LogP contribution in [-0.4, -0.2) is 41.8 Å². The van der Waals surface area contributed by atoms with E-state index in [9.17, 15) is 9.59 Å². The van der Waals surface area contributed by atoms with Crippen LogP contribution in [-0.2, 0) is 9.53 Å². The smallest absolute Gasteiger partial charge is 0.344 e. The Kier molecular flexibility index (Phi) is 9.74. The maximum absolute atomic E-state index is 12.0. The lowest BCUT2D eigenvalue weighted by Gasteiger charge is -2.16. The first-order valence-electron chi connectivity index (χ1n) is 7.38. The van der Waals surface area contributed by atoms with Gasteiger partial charge in [-0.15, -0.1) is 23.5 Å². The topological polar surface area (TPSA) is 52.6 Å². The van der Waals surface area contributed by atoms with E-state index in [1.54, 1.807) is 30.4 Å². The van der Waals surface area contributed by atoms with Gasteiger partial charge >= 0.3 is 5.97 Å². The van der Waals surface area contributed by atoms with Gasteiger partial charge in [0, 0.05) is 5.56 Å². The SMILES string of the molecule is CCOC(=O)COc1c(SCC)cc(C(=O)CBr)cc1SCC. The molecule has 1 aromatic rings. The Bertz CT molecular complexity index is 522. The van der Waals surface area contributed by atoms with Gasteiger partial charge in [-0.2, -0.15) is 0 Å². The summed E-state index contributed by atoms with van der Waals surface area (Å²) >= 11 is 6.39. The van der Waals surface area contributed by atoms with E-state index in [4.69, 9.17) is 9.47 Å². The van der Waals surface area contributed by atoms with Crippen molar-refractivity contribution >= 4 is 51.2 Å². The number of halogens is 1. The van der Waals surface area contributed by atoms with Crippen LogP contribution in [0.1, 0.15) is 31.1 Å². The first-order chi connectivity index (χ1) is 11.1. The van der Waals surface area contributed by atoms with Crippen LogP contribution in [0.4, 0.5) is 0 Å². The fourth-order valence-electron chi connectivity index (χ4n) is 1.82. The number of carbonyl (C=O) groups excluding carboxylic acids is 2. The summed E-state index contributed by atoms with van der Waals surface area (Å²) < 4.78 is 10.6. The molecule has 0 atom stereocenters. The number of benzene rings is 1. The van der Waals surface area contributed by atoms with E-state index in [2.05, 4.69) is 15.9 Å². The number of ether oxygens (including phenoxy) is 2. The summed E-state index contributed by atoms with van der Waals surface area (Å²) in [6.45, 7) is 6.02. The largest absolute Gasteiger partial charge is 0.480 e. The van der Waals surface area contributed by atoms with Gasteiger partial charge in [-0.3, -0.25) is 4.79 Å². The standard InChI is InChI=1S/C16H21BrO4S2/c1-4-20-15(19)10-21-16-13(22-5-2)7-11(12(18)9-17)8-14(16)23-6-3/h7-8H,4-6,9-10H2,1-3H3. The van der Waals surface area contributed by atoms with Gasteiger partial charge in [0.15, 0.2) is 12.4 Å². The number of thioether (sulfide) groups is 2. The van der Waals surface area contributed by atoms with Gasteiger partial charge in [-0.25, -0.2) is 4.79 Å². The van der Waals surface area contributed by atoms with Crippen LogP contribution >= 0.6 is 39.5 Å². The molecule has 0 unspecified atom stereocenters. The minimum atomic E-state index is -0.395. The van der Waals surface area contributed by atoms with E-state index in [-0.39, 0.29) is 17.7 Å². The normalized spacial score (nSPS) is 10.4. The second-order valence-electron chi connectivity index (χ2n) is 4.32. The second kappa shape index (κ2) is 11.0. The van der Waals surface area contributed by atoms with Crippen molar-refractivity contribution in [3.05, 3.63) is 17.7 Å². The third kappa shape index (κ3) is 6.39. The van der Waals surface area contributed by atoms with Gasteiger partial charge in [0.1, 0.15) is 5.75 Å². The summed E-state index contributed by atoms with van der Waals surface area (Å²) in [5.41, 5.74) is 0.650. The zero-order valence-electron chi connectivity index (χ0n) is 13.5. The maximum Gasteiger partial charge on any atom is 0.344 e. The van der Waals surface area contributed by atoms with Gasteiger partial charge in [-0.05, 0) is 30.6 Å². The summed E-state index contributed by atoms with van der Waals surface area (Å²) in [6, 6.07) is 3.66. The molecule has 0 aliphatic carbocycles. The molecule has 0 heterocycles. The van der Waals surface area contributed by atoms with Crippen molar-refractivity contribution in [3.8, 4) is 5.75 Å². The average molecular weight is 421 g/mol. The van der Waals surface area contributed by atoms with Crippen molar-refractivity contribution in [1.82, 2.24) is 0 Å². The maximum atomic E-state index is 12.0. The average Bonchev–Trinajstić information content (AvgIpc) is 2.53. The monoisotopic (exact) mass is 420 g/mol. The van der Waals surface area contributed by atoms with Gasteiger partial charge in [0.2, 0.25) is 0 Å². The van der Waals surface area contributed by atoms with Gasteiger partial charge in [-0.1, -0.05) is 29.8 Å². The summed E-state index contributed by atoms with van der Waals surface area (Å²) in [5, 5.41) is 0.280. The second-order valence-corrected chi connectivity index (χ2v) is 7.49. The first kappa shape index (κ1) is 20.4. The first-order valence-corrected chi connectivity index (χ1v) is 10.5. The molecule has 0 fully saturated rings. The molecule has 0 N–H and O–H groups in total. The van der Waals surface area contributed by atoms with Crippen molar-refractivity contribution in [3.63, 3.8) is 0 Å². The van der Waals surface area contributed by atoms with Crippen LogP contribution in [0.25, 0.3) is 0 Å². The zero-order valence-corrected chi connectivity index (χ0v) is 16.7. The molecule has 0 amide bonds. The van der Waals surface area contributed by atoms with E-state index >= 15 is 0 Å². The van der Waals surface area contributed by atoms with Crippen LogP contribution < -0.4 is 4.74 Å². The molecule has 1 aromatic carbocycles. The lowest BCUT2D eigenvalue weighted by atomic mass is 10.1. The molecule has 23 heavy (non-hydrogen) atoms. The summed E-state index contributed by atoms with van der Waals surface area (Å²) in [6.07, 6.45) is 0.